The highest BCUT2D eigenvalue weighted by atomic mass is 16.5. The molecule has 6 nitrogen and oxygen atoms in total. The number of nitrogens with one attached hydrogen (secondary N) is 1. The van der Waals surface area contributed by atoms with Crippen LogP contribution in [0.25, 0.3) is 0 Å². The maximum Gasteiger partial charge on any atom is 0.305 e. The number of hydrogen-bond acceptors (Lipinski definition) is 6. The number of ether oxygens (including phenoxy) is 3. The molecule has 0 aliphatic heterocycles. The van der Waals surface area contributed by atoms with Gasteiger partial charge in [-0.2, -0.15) is 0 Å². The van der Waals surface area contributed by atoms with Crippen LogP contribution < -0.4 is 5.32 Å². The maximum absolute atomic E-state index is 12.4. The Bertz CT molecular complexity index is 789. The van der Waals surface area contributed by atoms with Gasteiger partial charge in [-0.1, -0.05) is 220 Å². The van der Waals surface area contributed by atoms with Crippen LogP contribution in [0.15, 0.2) is 0 Å². The Morgan fingerprint density at radius 1 is 0.367 bits per heavy atom. The summed E-state index contributed by atoms with van der Waals surface area (Å²) >= 11 is 0. The Hall–Kier alpha value is -1.14. The van der Waals surface area contributed by atoms with Crippen LogP contribution >= 0.6 is 0 Å². The first kappa shape index (κ1) is 58.9. The number of carbonyl (C=O) groups is 2. The first-order valence-corrected chi connectivity index (χ1v) is 27.1. The molecule has 0 atom stereocenters. The van der Waals surface area contributed by atoms with Crippen molar-refractivity contribution in [1.29, 1.82) is 0 Å². The highest BCUT2D eigenvalue weighted by Gasteiger charge is 2.13. The quantitative estimate of drug-likeness (QED) is 0.0485. The van der Waals surface area contributed by atoms with Gasteiger partial charge in [0, 0.05) is 19.4 Å². The van der Waals surface area contributed by atoms with E-state index in [0.717, 1.165) is 63.5 Å². The SMILES string of the molecule is CCCCCC(CCCCC)CCOC(=O)CCCCCCCCC(CCCCCCCCC(=O)OCCC(CCCCC)CCCCC)OCCCCCCCCNC. The number of unbranched alkanes of at least 4 members (excludes halogenated alkanes) is 23. The van der Waals surface area contributed by atoms with E-state index in [1.165, 1.54) is 205 Å². The van der Waals surface area contributed by atoms with Crippen LogP contribution in [0.3, 0.4) is 0 Å². The van der Waals surface area contributed by atoms with E-state index in [9.17, 15) is 9.59 Å². The zero-order chi connectivity index (χ0) is 43.8. The van der Waals surface area contributed by atoms with E-state index in [2.05, 4.69) is 33.0 Å². The maximum atomic E-state index is 12.4. The van der Waals surface area contributed by atoms with Crippen molar-refractivity contribution >= 4 is 11.9 Å². The van der Waals surface area contributed by atoms with Crippen LogP contribution in [0.2, 0.25) is 0 Å². The minimum absolute atomic E-state index is 0.00873. The molecule has 0 aromatic carbocycles. The molecule has 0 heterocycles. The van der Waals surface area contributed by atoms with E-state index >= 15 is 0 Å². The minimum atomic E-state index is 0.00873. The Balaban J connectivity index is 4.28. The number of esters is 2. The van der Waals surface area contributed by atoms with Crippen molar-refractivity contribution in [3.05, 3.63) is 0 Å². The number of rotatable bonds is 50. The van der Waals surface area contributed by atoms with Gasteiger partial charge in [0.15, 0.2) is 0 Å². The fourth-order valence-electron chi connectivity index (χ4n) is 8.79. The molecule has 358 valence electrons. The van der Waals surface area contributed by atoms with Gasteiger partial charge in [0.05, 0.1) is 19.3 Å². The van der Waals surface area contributed by atoms with Crippen molar-refractivity contribution in [2.45, 2.75) is 291 Å². The molecule has 0 spiro atoms. The van der Waals surface area contributed by atoms with Crippen molar-refractivity contribution in [2.75, 3.05) is 33.4 Å². The summed E-state index contributed by atoms with van der Waals surface area (Å²) in [6, 6.07) is 0. The molecule has 1 N–H and O–H groups in total. The van der Waals surface area contributed by atoms with Crippen LogP contribution in [0.5, 0.6) is 0 Å². The molecule has 0 rings (SSSR count). The van der Waals surface area contributed by atoms with Crippen LogP contribution in [0.1, 0.15) is 285 Å². The van der Waals surface area contributed by atoms with Crippen molar-refractivity contribution < 1.29 is 23.8 Å². The molecule has 0 unspecified atom stereocenters. The van der Waals surface area contributed by atoms with Gasteiger partial charge < -0.3 is 19.5 Å². The molecule has 0 saturated heterocycles. The van der Waals surface area contributed by atoms with Gasteiger partial charge in [0.2, 0.25) is 0 Å². The molecule has 0 bridgehead atoms. The van der Waals surface area contributed by atoms with Crippen molar-refractivity contribution in [3.63, 3.8) is 0 Å². The van der Waals surface area contributed by atoms with E-state index < -0.39 is 0 Å². The second-order valence-electron chi connectivity index (χ2n) is 18.8. The third-order valence-electron chi connectivity index (χ3n) is 12.9. The van der Waals surface area contributed by atoms with E-state index in [4.69, 9.17) is 14.2 Å². The summed E-state index contributed by atoms with van der Waals surface area (Å²) in [4.78, 5) is 24.8. The fraction of sp³-hybridized carbons (Fsp3) is 0.963. The predicted molar refractivity (Wildman–Crippen MR) is 260 cm³/mol. The molecular formula is C54H107NO5. The van der Waals surface area contributed by atoms with E-state index in [-0.39, 0.29) is 11.9 Å². The van der Waals surface area contributed by atoms with E-state index in [1.54, 1.807) is 0 Å². The van der Waals surface area contributed by atoms with Gasteiger partial charge in [0.25, 0.3) is 0 Å². The van der Waals surface area contributed by atoms with Crippen molar-refractivity contribution in [1.82, 2.24) is 5.32 Å². The molecule has 0 fully saturated rings. The molecular weight excluding hydrogens is 743 g/mol. The molecule has 0 radical (unpaired) electrons. The van der Waals surface area contributed by atoms with Gasteiger partial charge in [0.1, 0.15) is 0 Å². The van der Waals surface area contributed by atoms with Gasteiger partial charge in [-0.3, -0.25) is 9.59 Å². The highest BCUT2D eigenvalue weighted by Crippen LogP contribution is 2.23. The van der Waals surface area contributed by atoms with Crippen molar-refractivity contribution in [2.24, 2.45) is 11.8 Å². The van der Waals surface area contributed by atoms with E-state index in [0.29, 0.717) is 32.2 Å². The summed E-state index contributed by atoms with van der Waals surface area (Å²) in [6.07, 6.45) is 48.6. The zero-order valence-electron chi connectivity index (χ0n) is 41.4. The summed E-state index contributed by atoms with van der Waals surface area (Å²) in [5, 5.41) is 3.25. The lowest BCUT2D eigenvalue weighted by molar-refractivity contribution is -0.145. The second kappa shape index (κ2) is 48.9. The largest absolute Gasteiger partial charge is 0.466 e. The molecule has 0 aliphatic carbocycles. The summed E-state index contributed by atoms with van der Waals surface area (Å²) in [7, 11) is 2.04. The van der Waals surface area contributed by atoms with Crippen LogP contribution in [-0.2, 0) is 23.8 Å². The summed E-state index contributed by atoms with van der Waals surface area (Å²) in [5.41, 5.74) is 0. The first-order valence-electron chi connectivity index (χ1n) is 27.1. The molecule has 0 aliphatic rings. The van der Waals surface area contributed by atoms with Crippen LogP contribution in [0, 0.1) is 11.8 Å². The smallest absolute Gasteiger partial charge is 0.305 e. The van der Waals surface area contributed by atoms with Crippen LogP contribution in [-0.4, -0.2) is 51.5 Å². The third-order valence-corrected chi connectivity index (χ3v) is 12.9. The topological polar surface area (TPSA) is 73.9 Å². The minimum Gasteiger partial charge on any atom is -0.466 e. The first-order chi connectivity index (χ1) is 29.5. The van der Waals surface area contributed by atoms with Crippen LogP contribution in [0.4, 0.5) is 0 Å². The van der Waals surface area contributed by atoms with E-state index in [1.807, 2.05) is 7.05 Å². The monoisotopic (exact) mass is 850 g/mol. The molecule has 0 saturated carbocycles. The Morgan fingerprint density at radius 3 is 1.08 bits per heavy atom. The van der Waals surface area contributed by atoms with Gasteiger partial charge in [-0.05, 0) is 76.8 Å². The normalized spacial score (nSPS) is 11.7. The fourth-order valence-corrected chi connectivity index (χ4v) is 8.79. The van der Waals surface area contributed by atoms with Gasteiger partial charge >= 0.3 is 11.9 Å². The average molecular weight is 850 g/mol. The summed E-state index contributed by atoms with van der Waals surface area (Å²) in [5.74, 6) is 1.46. The van der Waals surface area contributed by atoms with Gasteiger partial charge in [-0.25, -0.2) is 0 Å². The molecule has 0 amide bonds. The zero-order valence-corrected chi connectivity index (χ0v) is 41.4. The van der Waals surface area contributed by atoms with Crippen molar-refractivity contribution in [3.8, 4) is 0 Å². The Kier molecular flexibility index (Phi) is 48.0. The predicted octanol–water partition coefficient (Wildman–Crippen LogP) is 16.6. The lowest BCUT2D eigenvalue weighted by Gasteiger charge is -2.18. The third kappa shape index (κ3) is 43.5. The Labute approximate surface area is 375 Å². The lowest BCUT2D eigenvalue weighted by Crippen LogP contribution is -2.14. The lowest BCUT2D eigenvalue weighted by atomic mass is 9.92. The summed E-state index contributed by atoms with van der Waals surface area (Å²) in [6.45, 7) is 12.3. The molecule has 0 aromatic rings. The second-order valence-corrected chi connectivity index (χ2v) is 18.8. The number of hydrogen-bond donors (Lipinski definition) is 1. The standard InChI is InChI=1S/C54H107NO5/c1-6-10-26-36-50(37-27-11-7-2)44-48-59-53(56)42-32-22-16-14-20-30-40-52(58-47-35-25-19-18-24-34-46-55-5)41-31-21-15-17-23-33-43-54(57)60-49-45-51(38-28-12-8-3)39-29-13-9-4/h50-52,55H,6-49H2,1-5H3. The number of carbonyl (C=O) groups excluding carboxylic acids is 2. The average Bonchev–Trinajstić information content (AvgIpc) is 3.24. The highest BCUT2D eigenvalue weighted by molar-refractivity contribution is 5.69. The Morgan fingerprint density at radius 2 is 0.700 bits per heavy atom. The molecule has 6 heteroatoms. The molecule has 60 heavy (non-hydrogen) atoms. The summed E-state index contributed by atoms with van der Waals surface area (Å²) < 4.78 is 17.8. The molecule has 0 aromatic heterocycles. The van der Waals surface area contributed by atoms with Gasteiger partial charge in [-0.15, -0.1) is 0 Å².